The third-order valence-electron chi connectivity index (χ3n) is 3.13. The van der Waals surface area contributed by atoms with E-state index in [9.17, 15) is 14.4 Å². The van der Waals surface area contributed by atoms with Crippen molar-refractivity contribution in [1.29, 1.82) is 0 Å². The Kier molecular flexibility index (Phi) is 7.22. The molecule has 2 aromatic rings. The minimum Gasteiger partial charge on any atom is -0.360 e. The van der Waals surface area contributed by atoms with Crippen molar-refractivity contribution in [3.63, 3.8) is 0 Å². The van der Waals surface area contributed by atoms with Gasteiger partial charge in [0.1, 0.15) is 5.76 Å². The molecule has 0 aliphatic rings. The number of aryl methyl sites for hydroxylation is 1. The number of hydrogen-bond donors (Lipinski definition) is 3. The topological polar surface area (TPSA) is 113 Å². The van der Waals surface area contributed by atoms with E-state index in [2.05, 4.69) is 21.1 Å². The second-order valence-corrected chi connectivity index (χ2v) is 6.33. The number of carbonyl (C=O) groups is 3. The maximum absolute atomic E-state index is 11.9. The average molecular weight is 376 g/mol. The van der Waals surface area contributed by atoms with Gasteiger partial charge < -0.3 is 20.5 Å². The van der Waals surface area contributed by atoms with E-state index in [0.717, 1.165) is 0 Å². The van der Waals surface area contributed by atoms with Crippen molar-refractivity contribution < 1.29 is 18.9 Å². The lowest BCUT2D eigenvalue weighted by molar-refractivity contribution is -0.114. The van der Waals surface area contributed by atoms with Crippen LogP contribution in [0.1, 0.15) is 23.0 Å². The van der Waals surface area contributed by atoms with Gasteiger partial charge in [0.2, 0.25) is 11.8 Å². The molecule has 0 fully saturated rings. The predicted molar refractivity (Wildman–Crippen MR) is 100 cm³/mol. The molecule has 0 spiro atoms. The highest BCUT2D eigenvalue weighted by atomic mass is 32.2. The van der Waals surface area contributed by atoms with Crippen molar-refractivity contribution in [3.8, 4) is 0 Å². The number of rotatable bonds is 8. The van der Waals surface area contributed by atoms with Crippen LogP contribution in [0.5, 0.6) is 0 Å². The monoisotopic (exact) mass is 376 g/mol. The highest BCUT2D eigenvalue weighted by Gasteiger charge is 2.09. The van der Waals surface area contributed by atoms with Crippen LogP contribution < -0.4 is 16.0 Å². The summed E-state index contributed by atoms with van der Waals surface area (Å²) < 4.78 is 4.85. The van der Waals surface area contributed by atoms with Crippen LogP contribution in [0.3, 0.4) is 0 Å². The Labute approximate surface area is 155 Å². The molecule has 138 valence electrons. The van der Waals surface area contributed by atoms with E-state index in [1.54, 1.807) is 37.3 Å². The lowest BCUT2D eigenvalue weighted by atomic mass is 10.2. The molecule has 0 saturated heterocycles. The zero-order valence-electron chi connectivity index (χ0n) is 14.5. The standard InChI is InChI=1S/C17H20N4O4S/c1-3-18-17(24)12-4-6-13(7-5-12)19-15(22)9-26-10-16(23)20-14-8-11(2)25-21-14/h4-8H,3,9-10H2,1-2H3,(H,18,24)(H,19,22)(H,20,21,23). The molecule has 0 bridgehead atoms. The van der Waals surface area contributed by atoms with Crippen LogP contribution in [0.4, 0.5) is 11.5 Å². The van der Waals surface area contributed by atoms with Crippen LogP contribution in [0, 0.1) is 6.92 Å². The summed E-state index contributed by atoms with van der Waals surface area (Å²) in [6.45, 7) is 4.13. The molecule has 9 heteroatoms. The minimum absolute atomic E-state index is 0.120. The number of amides is 3. The summed E-state index contributed by atoms with van der Waals surface area (Å²) in [6, 6.07) is 8.21. The SMILES string of the molecule is CCNC(=O)c1ccc(NC(=O)CSCC(=O)Nc2cc(C)on2)cc1. The largest absolute Gasteiger partial charge is 0.360 e. The Morgan fingerprint density at radius 2 is 1.73 bits per heavy atom. The summed E-state index contributed by atoms with van der Waals surface area (Å²) in [4.78, 5) is 35.3. The lowest BCUT2D eigenvalue weighted by Gasteiger charge is -2.07. The van der Waals surface area contributed by atoms with Gasteiger partial charge in [-0.1, -0.05) is 5.16 Å². The number of hydrogen-bond acceptors (Lipinski definition) is 6. The molecule has 0 radical (unpaired) electrons. The van der Waals surface area contributed by atoms with E-state index in [1.165, 1.54) is 11.8 Å². The van der Waals surface area contributed by atoms with E-state index in [-0.39, 0.29) is 29.2 Å². The highest BCUT2D eigenvalue weighted by Crippen LogP contribution is 2.11. The van der Waals surface area contributed by atoms with Gasteiger partial charge in [0, 0.05) is 23.9 Å². The zero-order valence-corrected chi connectivity index (χ0v) is 15.3. The molecular weight excluding hydrogens is 356 g/mol. The number of anilines is 2. The number of nitrogens with zero attached hydrogens (tertiary/aromatic N) is 1. The average Bonchev–Trinajstić information content (AvgIpc) is 3.00. The molecule has 3 N–H and O–H groups in total. The molecule has 3 amide bonds. The summed E-state index contributed by atoms with van der Waals surface area (Å²) in [5, 5.41) is 11.7. The van der Waals surface area contributed by atoms with Crippen molar-refractivity contribution in [2.45, 2.75) is 13.8 Å². The van der Waals surface area contributed by atoms with E-state index < -0.39 is 0 Å². The lowest BCUT2D eigenvalue weighted by Crippen LogP contribution is -2.22. The van der Waals surface area contributed by atoms with Gasteiger partial charge in [0.05, 0.1) is 11.5 Å². The molecule has 0 unspecified atom stereocenters. The first-order valence-electron chi connectivity index (χ1n) is 7.97. The maximum Gasteiger partial charge on any atom is 0.251 e. The fraction of sp³-hybridized carbons (Fsp3) is 0.294. The second kappa shape index (κ2) is 9.62. The first-order valence-corrected chi connectivity index (χ1v) is 9.12. The van der Waals surface area contributed by atoms with E-state index in [1.807, 2.05) is 6.92 Å². The first-order chi connectivity index (χ1) is 12.5. The molecule has 2 rings (SSSR count). The Balaban J connectivity index is 1.71. The van der Waals surface area contributed by atoms with Gasteiger partial charge in [-0.05, 0) is 38.1 Å². The summed E-state index contributed by atoms with van der Waals surface area (Å²) in [6.07, 6.45) is 0. The number of thioether (sulfide) groups is 1. The van der Waals surface area contributed by atoms with E-state index >= 15 is 0 Å². The smallest absolute Gasteiger partial charge is 0.251 e. The molecule has 0 atom stereocenters. The Morgan fingerprint density at radius 1 is 1.08 bits per heavy atom. The molecule has 1 aromatic heterocycles. The van der Waals surface area contributed by atoms with Crippen molar-refractivity contribution in [2.24, 2.45) is 0 Å². The van der Waals surface area contributed by atoms with Crippen molar-refractivity contribution in [1.82, 2.24) is 10.5 Å². The maximum atomic E-state index is 11.9. The third kappa shape index (κ3) is 6.25. The molecule has 26 heavy (non-hydrogen) atoms. The Morgan fingerprint density at radius 3 is 2.31 bits per heavy atom. The van der Waals surface area contributed by atoms with Crippen LogP contribution in [-0.2, 0) is 9.59 Å². The fourth-order valence-electron chi connectivity index (χ4n) is 2.01. The fourth-order valence-corrected chi connectivity index (χ4v) is 2.62. The molecule has 8 nitrogen and oxygen atoms in total. The van der Waals surface area contributed by atoms with Gasteiger partial charge in [-0.3, -0.25) is 14.4 Å². The van der Waals surface area contributed by atoms with Crippen molar-refractivity contribution >= 4 is 41.0 Å². The quantitative estimate of drug-likeness (QED) is 0.650. The Bertz CT molecular complexity index is 773. The molecular formula is C17H20N4O4S. The van der Waals surface area contributed by atoms with E-state index in [0.29, 0.717) is 29.4 Å². The summed E-state index contributed by atoms with van der Waals surface area (Å²) in [5.41, 5.74) is 1.12. The minimum atomic E-state index is -0.262. The molecule has 1 aromatic carbocycles. The molecule has 0 saturated carbocycles. The molecule has 0 aliphatic carbocycles. The number of benzene rings is 1. The summed E-state index contributed by atoms with van der Waals surface area (Å²) >= 11 is 1.18. The molecule has 1 heterocycles. The van der Waals surface area contributed by atoms with Crippen LogP contribution in [0.2, 0.25) is 0 Å². The van der Waals surface area contributed by atoms with Gasteiger partial charge in [0.15, 0.2) is 5.82 Å². The number of aromatic nitrogens is 1. The Hall–Kier alpha value is -2.81. The van der Waals surface area contributed by atoms with Crippen LogP contribution in [0.25, 0.3) is 0 Å². The second-order valence-electron chi connectivity index (χ2n) is 5.35. The van der Waals surface area contributed by atoms with Crippen LogP contribution >= 0.6 is 11.8 Å². The number of nitrogens with one attached hydrogen (secondary N) is 3. The van der Waals surface area contributed by atoms with Gasteiger partial charge >= 0.3 is 0 Å². The summed E-state index contributed by atoms with van der Waals surface area (Å²) in [7, 11) is 0. The predicted octanol–water partition coefficient (Wildman–Crippen LogP) is 2.04. The third-order valence-corrected chi connectivity index (χ3v) is 4.06. The van der Waals surface area contributed by atoms with Crippen molar-refractivity contribution in [2.75, 3.05) is 28.7 Å². The van der Waals surface area contributed by atoms with Gasteiger partial charge in [-0.2, -0.15) is 0 Å². The van der Waals surface area contributed by atoms with Crippen LogP contribution in [0.15, 0.2) is 34.9 Å². The zero-order chi connectivity index (χ0) is 18.9. The van der Waals surface area contributed by atoms with Crippen molar-refractivity contribution in [3.05, 3.63) is 41.7 Å². The van der Waals surface area contributed by atoms with Gasteiger partial charge in [0.25, 0.3) is 5.91 Å². The number of carbonyl (C=O) groups excluding carboxylic acids is 3. The molecule has 0 aliphatic heterocycles. The normalized spacial score (nSPS) is 10.2. The summed E-state index contributed by atoms with van der Waals surface area (Å²) in [5.74, 6) is 0.552. The van der Waals surface area contributed by atoms with Gasteiger partial charge in [-0.25, -0.2) is 0 Å². The van der Waals surface area contributed by atoms with E-state index in [4.69, 9.17) is 4.52 Å². The van der Waals surface area contributed by atoms with Crippen LogP contribution in [-0.4, -0.2) is 40.9 Å². The van der Waals surface area contributed by atoms with Gasteiger partial charge in [-0.15, -0.1) is 11.8 Å². The highest BCUT2D eigenvalue weighted by molar-refractivity contribution is 8.00. The first kappa shape index (κ1) is 19.5.